The van der Waals surface area contributed by atoms with Crippen LogP contribution in [0.5, 0.6) is 0 Å². The molecule has 1 aromatic carbocycles. The van der Waals surface area contributed by atoms with Crippen LogP contribution in [-0.4, -0.2) is 6.29 Å². The number of carbonyl (C=O) groups excluding carboxylic acids is 1. The number of nitrogens with one attached hydrogen (secondary N) is 1. The van der Waals surface area contributed by atoms with Crippen LogP contribution in [0.15, 0.2) is 30.0 Å². The Morgan fingerprint density at radius 2 is 2.15 bits per heavy atom. The van der Waals surface area contributed by atoms with Gasteiger partial charge >= 0.3 is 0 Å². The van der Waals surface area contributed by atoms with E-state index in [1.54, 1.807) is 0 Å². The van der Waals surface area contributed by atoms with Crippen LogP contribution in [0.4, 0.5) is 0 Å². The zero-order valence-corrected chi connectivity index (χ0v) is 7.45. The summed E-state index contributed by atoms with van der Waals surface area (Å²) < 4.78 is 0. The molecule has 2 heteroatoms. The zero-order valence-electron chi connectivity index (χ0n) is 7.45. The van der Waals surface area contributed by atoms with Crippen LogP contribution < -0.4 is 5.32 Å². The normalized spacial score (nSPS) is 19.8. The van der Waals surface area contributed by atoms with Crippen molar-refractivity contribution >= 4 is 12.4 Å². The van der Waals surface area contributed by atoms with Gasteiger partial charge in [-0.2, -0.15) is 0 Å². The standard InChI is InChI=1S/C11H11NO/c1-8-6-9-4-2-3-5-10(9)11(7-13)12-8/h2-7,11-12H,1H3. The van der Waals surface area contributed by atoms with E-state index in [0.29, 0.717) is 0 Å². The van der Waals surface area contributed by atoms with Crippen molar-refractivity contribution in [3.05, 3.63) is 41.1 Å². The number of aldehydes is 1. The summed E-state index contributed by atoms with van der Waals surface area (Å²) in [6.45, 7) is 1.96. The van der Waals surface area contributed by atoms with E-state index >= 15 is 0 Å². The molecule has 2 nitrogen and oxygen atoms in total. The topological polar surface area (TPSA) is 29.1 Å². The summed E-state index contributed by atoms with van der Waals surface area (Å²) in [4.78, 5) is 10.8. The van der Waals surface area contributed by atoms with Gasteiger partial charge in [-0.3, -0.25) is 0 Å². The van der Waals surface area contributed by atoms with E-state index in [1.807, 2.05) is 31.2 Å². The Labute approximate surface area is 77.3 Å². The summed E-state index contributed by atoms with van der Waals surface area (Å²) in [6.07, 6.45) is 2.99. The molecule has 1 unspecified atom stereocenters. The van der Waals surface area contributed by atoms with Gasteiger partial charge in [-0.15, -0.1) is 0 Å². The lowest BCUT2D eigenvalue weighted by Gasteiger charge is -2.22. The molecule has 1 heterocycles. The summed E-state index contributed by atoms with van der Waals surface area (Å²) in [7, 11) is 0. The minimum absolute atomic E-state index is 0.179. The summed E-state index contributed by atoms with van der Waals surface area (Å²) in [5.74, 6) is 0. The predicted octanol–water partition coefficient (Wildman–Crippen LogP) is 1.89. The van der Waals surface area contributed by atoms with Gasteiger partial charge < -0.3 is 10.1 Å². The lowest BCUT2D eigenvalue weighted by molar-refractivity contribution is -0.109. The first-order valence-electron chi connectivity index (χ1n) is 4.30. The van der Waals surface area contributed by atoms with Crippen LogP contribution in [0.3, 0.4) is 0 Å². The molecule has 66 valence electrons. The highest BCUT2D eigenvalue weighted by Crippen LogP contribution is 2.24. The number of fused-ring (bicyclic) bond motifs is 1. The third-order valence-electron chi connectivity index (χ3n) is 2.22. The number of hydrogen-bond donors (Lipinski definition) is 1. The molecule has 2 rings (SSSR count). The first kappa shape index (κ1) is 8.05. The Morgan fingerprint density at radius 3 is 2.92 bits per heavy atom. The average molecular weight is 173 g/mol. The molecule has 0 amide bonds. The van der Waals surface area contributed by atoms with Gasteiger partial charge in [0.2, 0.25) is 0 Å². The molecule has 0 aliphatic carbocycles. The van der Waals surface area contributed by atoms with E-state index in [0.717, 1.165) is 23.1 Å². The minimum atomic E-state index is -0.179. The average Bonchev–Trinajstić information content (AvgIpc) is 2.16. The first-order chi connectivity index (χ1) is 6.31. The van der Waals surface area contributed by atoms with Crippen molar-refractivity contribution in [3.63, 3.8) is 0 Å². The van der Waals surface area contributed by atoms with Gasteiger partial charge in [0.1, 0.15) is 12.3 Å². The second kappa shape index (κ2) is 3.05. The molecule has 0 fully saturated rings. The van der Waals surface area contributed by atoms with Crippen molar-refractivity contribution in [2.24, 2.45) is 0 Å². The van der Waals surface area contributed by atoms with Crippen molar-refractivity contribution in [2.45, 2.75) is 13.0 Å². The predicted molar refractivity (Wildman–Crippen MR) is 52.0 cm³/mol. The molecule has 0 aromatic heterocycles. The Hall–Kier alpha value is -1.57. The van der Waals surface area contributed by atoms with Crippen molar-refractivity contribution in [3.8, 4) is 0 Å². The van der Waals surface area contributed by atoms with E-state index in [-0.39, 0.29) is 6.04 Å². The molecular formula is C11H11NO. The third-order valence-corrected chi connectivity index (χ3v) is 2.22. The van der Waals surface area contributed by atoms with Gasteiger partial charge in [0.05, 0.1) is 0 Å². The molecule has 0 saturated heterocycles. The number of hydrogen-bond acceptors (Lipinski definition) is 2. The molecule has 0 saturated carbocycles. The smallest absolute Gasteiger partial charge is 0.146 e. The molecule has 1 aliphatic rings. The van der Waals surface area contributed by atoms with E-state index in [2.05, 4.69) is 11.4 Å². The molecule has 0 radical (unpaired) electrons. The molecular weight excluding hydrogens is 162 g/mol. The first-order valence-corrected chi connectivity index (χ1v) is 4.30. The number of allylic oxidation sites excluding steroid dienone is 1. The summed E-state index contributed by atoms with van der Waals surface area (Å²) in [5, 5.41) is 3.12. The second-order valence-electron chi connectivity index (χ2n) is 3.21. The maximum atomic E-state index is 10.8. The summed E-state index contributed by atoms with van der Waals surface area (Å²) >= 11 is 0. The molecule has 1 aliphatic heterocycles. The summed E-state index contributed by atoms with van der Waals surface area (Å²) in [5.41, 5.74) is 3.23. The van der Waals surface area contributed by atoms with Gasteiger partial charge in [0, 0.05) is 5.70 Å². The van der Waals surface area contributed by atoms with Gasteiger partial charge in [0.15, 0.2) is 0 Å². The zero-order chi connectivity index (χ0) is 9.26. The second-order valence-corrected chi connectivity index (χ2v) is 3.21. The fraction of sp³-hybridized carbons (Fsp3) is 0.182. The van der Waals surface area contributed by atoms with E-state index in [1.165, 1.54) is 0 Å². The van der Waals surface area contributed by atoms with Crippen LogP contribution in [0.25, 0.3) is 6.08 Å². The molecule has 0 bridgehead atoms. The Balaban J connectivity index is 2.54. The van der Waals surface area contributed by atoms with Gasteiger partial charge in [-0.25, -0.2) is 0 Å². The minimum Gasteiger partial charge on any atom is -0.375 e. The summed E-state index contributed by atoms with van der Waals surface area (Å²) in [6, 6.07) is 7.75. The highest BCUT2D eigenvalue weighted by Gasteiger charge is 2.16. The number of benzene rings is 1. The van der Waals surface area contributed by atoms with E-state index in [9.17, 15) is 4.79 Å². The molecule has 1 N–H and O–H groups in total. The maximum absolute atomic E-state index is 10.8. The molecule has 0 spiro atoms. The Morgan fingerprint density at radius 1 is 1.38 bits per heavy atom. The highest BCUT2D eigenvalue weighted by atomic mass is 16.1. The van der Waals surface area contributed by atoms with Gasteiger partial charge in [-0.05, 0) is 24.1 Å². The molecule has 13 heavy (non-hydrogen) atoms. The fourth-order valence-electron chi connectivity index (χ4n) is 1.63. The van der Waals surface area contributed by atoms with E-state index < -0.39 is 0 Å². The Bertz CT molecular complexity index is 368. The SMILES string of the molecule is CC1=Cc2ccccc2C(C=O)N1. The largest absolute Gasteiger partial charge is 0.375 e. The Kier molecular flexibility index (Phi) is 1.89. The highest BCUT2D eigenvalue weighted by molar-refractivity contribution is 5.70. The van der Waals surface area contributed by atoms with Crippen molar-refractivity contribution in [1.29, 1.82) is 0 Å². The van der Waals surface area contributed by atoms with Crippen molar-refractivity contribution < 1.29 is 4.79 Å². The van der Waals surface area contributed by atoms with Crippen molar-refractivity contribution in [2.75, 3.05) is 0 Å². The number of carbonyl (C=O) groups is 1. The molecule has 1 atom stereocenters. The molecule has 1 aromatic rings. The van der Waals surface area contributed by atoms with E-state index in [4.69, 9.17) is 0 Å². The van der Waals surface area contributed by atoms with Crippen LogP contribution in [0.2, 0.25) is 0 Å². The quantitative estimate of drug-likeness (QED) is 0.657. The van der Waals surface area contributed by atoms with Crippen LogP contribution >= 0.6 is 0 Å². The van der Waals surface area contributed by atoms with Gasteiger partial charge in [0.25, 0.3) is 0 Å². The van der Waals surface area contributed by atoms with Crippen LogP contribution in [-0.2, 0) is 4.79 Å². The maximum Gasteiger partial charge on any atom is 0.146 e. The van der Waals surface area contributed by atoms with Gasteiger partial charge in [-0.1, -0.05) is 24.3 Å². The third kappa shape index (κ3) is 1.35. The number of rotatable bonds is 1. The lowest BCUT2D eigenvalue weighted by atomic mass is 9.97. The fourth-order valence-corrected chi connectivity index (χ4v) is 1.63. The lowest BCUT2D eigenvalue weighted by Crippen LogP contribution is -2.24. The van der Waals surface area contributed by atoms with Crippen molar-refractivity contribution in [1.82, 2.24) is 5.32 Å². The van der Waals surface area contributed by atoms with Crippen LogP contribution in [0.1, 0.15) is 24.1 Å². The van der Waals surface area contributed by atoms with Crippen LogP contribution in [0, 0.1) is 0 Å². The monoisotopic (exact) mass is 173 g/mol.